The lowest BCUT2D eigenvalue weighted by atomic mass is 10.1. The molecule has 18 heavy (non-hydrogen) atoms. The quantitative estimate of drug-likeness (QED) is 0.898. The summed E-state index contributed by atoms with van der Waals surface area (Å²) in [6.45, 7) is 3.53. The van der Waals surface area contributed by atoms with Crippen LogP contribution in [0.3, 0.4) is 0 Å². The molecule has 2 atom stereocenters. The topological polar surface area (TPSA) is 55.1 Å². The van der Waals surface area contributed by atoms with Crippen LogP contribution in [0.15, 0.2) is 18.2 Å². The zero-order chi connectivity index (χ0) is 13.0. The van der Waals surface area contributed by atoms with E-state index in [1.165, 1.54) is 0 Å². The average molecular weight is 312 g/mol. The third-order valence-corrected chi connectivity index (χ3v) is 3.08. The Hall–Kier alpha value is -0.480. The number of carbonyl (C=O) groups excluding carboxylic acids is 1. The van der Waals surface area contributed by atoms with Gasteiger partial charge in [0.05, 0.1) is 6.04 Å². The van der Waals surface area contributed by atoms with Crippen molar-refractivity contribution < 1.29 is 4.79 Å². The van der Waals surface area contributed by atoms with E-state index in [-0.39, 0.29) is 24.4 Å². The van der Waals surface area contributed by atoms with E-state index in [9.17, 15) is 4.79 Å². The minimum absolute atomic E-state index is 0. The Balaban J connectivity index is 0.00000289. The van der Waals surface area contributed by atoms with E-state index in [1.807, 2.05) is 6.92 Å². The zero-order valence-electron chi connectivity index (χ0n) is 10.2. The van der Waals surface area contributed by atoms with Crippen LogP contribution in [0.1, 0.15) is 19.4 Å². The van der Waals surface area contributed by atoms with Gasteiger partial charge in [-0.25, -0.2) is 0 Å². The molecule has 0 radical (unpaired) electrons. The molecule has 1 aromatic carbocycles. The minimum atomic E-state index is -0.515. The van der Waals surface area contributed by atoms with Crippen LogP contribution < -0.4 is 11.1 Å². The summed E-state index contributed by atoms with van der Waals surface area (Å²) in [5.41, 5.74) is 6.31. The molecule has 0 bridgehead atoms. The van der Waals surface area contributed by atoms with Crippen LogP contribution in [0.25, 0.3) is 0 Å². The molecule has 3 N–H and O–H groups in total. The first kappa shape index (κ1) is 17.5. The smallest absolute Gasteiger partial charge is 0.236 e. The van der Waals surface area contributed by atoms with Crippen molar-refractivity contribution in [3.05, 3.63) is 33.8 Å². The molecule has 0 heterocycles. The summed E-state index contributed by atoms with van der Waals surface area (Å²) in [6.07, 6.45) is 0.580. The molecule has 1 aromatic rings. The highest BCUT2D eigenvalue weighted by Crippen LogP contribution is 2.25. The minimum Gasteiger partial charge on any atom is -0.352 e. The van der Waals surface area contributed by atoms with Gasteiger partial charge in [0.1, 0.15) is 0 Å². The molecule has 0 aliphatic rings. The number of nitrogens with one attached hydrogen (secondary N) is 1. The second-order valence-corrected chi connectivity index (χ2v) is 4.92. The molecule has 1 amide bonds. The van der Waals surface area contributed by atoms with Crippen LogP contribution in [0, 0.1) is 0 Å². The highest BCUT2D eigenvalue weighted by atomic mass is 35.5. The van der Waals surface area contributed by atoms with Crippen LogP contribution in [-0.2, 0) is 11.2 Å². The monoisotopic (exact) mass is 310 g/mol. The second kappa shape index (κ2) is 7.85. The maximum Gasteiger partial charge on any atom is 0.236 e. The number of amides is 1. The average Bonchev–Trinajstić information content (AvgIpc) is 2.23. The predicted molar refractivity (Wildman–Crippen MR) is 78.7 cm³/mol. The van der Waals surface area contributed by atoms with Crippen molar-refractivity contribution in [3.8, 4) is 0 Å². The molecule has 102 valence electrons. The van der Waals surface area contributed by atoms with Crippen LogP contribution in [0.5, 0.6) is 0 Å². The van der Waals surface area contributed by atoms with Gasteiger partial charge in [-0.3, -0.25) is 4.79 Å². The van der Waals surface area contributed by atoms with Gasteiger partial charge < -0.3 is 11.1 Å². The number of hydrogen-bond acceptors (Lipinski definition) is 2. The Morgan fingerprint density at radius 1 is 1.33 bits per heavy atom. The molecular weight excluding hydrogens is 295 g/mol. The van der Waals surface area contributed by atoms with E-state index < -0.39 is 6.04 Å². The molecular formula is C12H17Cl3N2O. The summed E-state index contributed by atoms with van der Waals surface area (Å²) in [5, 5.41) is 4.02. The van der Waals surface area contributed by atoms with Crippen molar-refractivity contribution in [1.82, 2.24) is 5.32 Å². The largest absolute Gasteiger partial charge is 0.352 e. The molecule has 0 aromatic heterocycles. The van der Waals surface area contributed by atoms with Gasteiger partial charge in [0.15, 0.2) is 0 Å². The normalized spacial score (nSPS) is 13.4. The van der Waals surface area contributed by atoms with Crippen molar-refractivity contribution in [1.29, 1.82) is 0 Å². The number of halogens is 3. The highest BCUT2D eigenvalue weighted by Gasteiger charge is 2.14. The van der Waals surface area contributed by atoms with E-state index >= 15 is 0 Å². The van der Waals surface area contributed by atoms with Crippen molar-refractivity contribution in [2.75, 3.05) is 0 Å². The third-order valence-electron chi connectivity index (χ3n) is 2.37. The van der Waals surface area contributed by atoms with Crippen molar-refractivity contribution in [2.45, 2.75) is 32.4 Å². The van der Waals surface area contributed by atoms with Gasteiger partial charge in [0.2, 0.25) is 5.91 Å². The molecule has 0 aliphatic carbocycles. The fourth-order valence-electron chi connectivity index (χ4n) is 1.46. The van der Waals surface area contributed by atoms with Crippen LogP contribution in [-0.4, -0.2) is 18.0 Å². The third kappa shape index (κ3) is 5.02. The van der Waals surface area contributed by atoms with Crippen LogP contribution >= 0.6 is 35.6 Å². The Bertz CT molecular complexity index is 390. The Morgan fingerprint density at radius 2 is 1.83 bits per heavy atom. The second-order valence-electron chi connectivity index (χ2n) is 4.10. The van der Waals surface area contributed by atoms with E-state index in [0.29, 0.717) is 16.5 Å². The molecule has 2 unspecified atom stereocenters. The maximum atomic E-state index is 11.4. The highest BCUT2D eigenvalue weighted by molar-refractivity contribution is 6.36. The molecule has 6 heteroatoms. The van der Waals surface area contributed by atoms with E-state index in [0.717, 1.165) is 5.56 Å². The van der Waals surface area contributed by atoms with Gasteiger partial charge in [-0.2, -0.15) is 0 Å². The number of nitrogens with two attached hydrogens (primary N) is 1. The SMILES string of the molecule is CC(Cc1c(Cl)cccc1Cl)NC(=O)C(C)N.Cl. The predicted octanol–water partition coefficient (Wildman–Crippen LogP) is 2.81. The number of carbonyl (C=O) groups is 1. The van der Waals surface area contributed by atoms with Gasteiger partial charge in [-0.05, 0) is 38.0 Å². The lowest BCUT2D eigenvalue weighted by Gasteiger charge is -2.17. The number of hydrogen-bond donors (Lipinski definition) is 2. The molecule has 0 fully saturated rings. The van der Waals surface area contributed by atoms with Crippen molar-refractivity contribution in [2.24, 2.45) is 5.73 Å². The maximum absolute atomic E-state index is 11.4. The lowest BCUT2D eigenvalue weighted by Crippen LogP contribution is -2.43. The Labute approximate surface area is 123 Å². The Morgan fingerprint density at radius 3 is 2.28 bits per heavy atom. The summed E-state index contributed by atoms with van der Waals surface area (Å²) < 4.78 is 0. The number of benzene rings is 1. The van der Waals surface area contributed by atoms with Gasteiger partial charge >= 0.3 is 0 Å². The first-order chi connectivity index (χ1) is 7.91. The molecule has 0 aliphatic heterocycles. The van der Waals surface area contributed by atoms with E-state index in [2.05, 4.69) is 5.32 Å². The first-order valence-corrected chi connectivity index (χ1v) is 6.16. The Kier molecular flexibility index (Phi) is 7.64. The zero-order valence-corrected chi connectivity index (χ0v) is 12.6. The summed E-state index contributed by atoms with van der Waals surface area (Å²) in [6, 6.07) is 4.77. The molecule has 1 rings (SSSR count). The summed E-state index contributed by atoms with van der Waals surface area (Å²) >= 11 is 12.1. The number of rotatable bonds is 4. The van der Waals surface area contributed by atoms with E-state index in [1.54, 1.807) is 25.1 Å². The summed E-state index contributed by atoms with van der Waals surface area (Å²) in [7, 11) is 0. The molecule has 0 spiro atoms. The van der Waals surface area contributed by atoms with Gasteiger partial charge in [-0.1, -0.05) is 29.3 Å². The lowest BCUT2D eigenvalue weighted by molar-refractivity contribution is -0.122. The first-order valence-electron chi connectivity index (χ1n) is 5.40. The summed E-state index contributed by atoms with van der Waals surface area (Å²) in [4.78, 5) is 11.4. The fraction of sp³-hybridized carbons (Fsp3) is 0.417. The van der Waals surface area contributed by atoms with Crippen molar-refractivity contribution >= 4 is 41.5 Å². The van der Waals surface area contributed by atoms with Crippen molar-refractivity contribution in [3.63, 3.8) is 0 Å². The van der Waals surface area contributed by atoms with E-state index in [4.69, 9.17) is 28.9 Å². The molecule has 0 saturated carbocycles. The van der Waals surface area contributed by atoms with Crippen LogP contribution in [0.2, 0.25) is 10.0 Å². The van der Waals surface area contributed by atoms with Gasteiger partial charge in [0, 0.05) is 16.1 Å². The molecule has 0 saturated heterocycles. The van der Waals surface area contributed by atoms with Gasteiger partial charge in [-0.15, -0.1) is 12.4 Å². The fourth-order valence-corrected chi connectivity index (χ4v) is 2.01. The summed E-state index contributed by atoms with van der Waals surface area (Å²) in [5.74, 6) is -0.180. The molecule has 3 nitrogen and oxygen atoms in total. The standard InChI is InChI=1S/C12H16Cl2N2O.ClH/c1-7(16-12(17)8(2)15)6-9-10(13)4-3-5-11(9)14;/h3-5,7-8H,6,15H2,1-2H3,(H,16,17);1H. The van der Waals surface area contributed by atoms with Crippen LogP contribution in [0.4, 0.5) is 0 Å². The van der Waals surface area contributed by atoms with Gasteiger partial charge in [0.25, 0.3) is 0 Å².